The van der Waals surface area contributed by atoms with Crippen molar-refractivity contribution in [1.29, 1.82) is 0 Å². The number of hydrogen-bond donors (Lipinski definition) is 0. The predicted molar refractivity (Wildman–Crippen MR) is 66.9 cm³/mol. The highest BCUT2D eigenvalue weighted by molar-refractivity contribution is 6.28. The van der Waals surface area contributed by atoms with Crippen LogP contribution in [-0.4, -0.2) is 32.3 Å². The third-order valence-electron chi connectivity index (χ3n) is 3.30. The van der Waals surface area contributed by atoms with Gasteiger partial charge in [-0.2, -0.15) is 4.98 Å². The Morgan fingerprint density at radius 1 is 1.56 bits per heavy atom. The highest BCUT2D eigenvalue weighted by Crippen LogP contribution is 2.22. The van der Waals surface area contributed by atoms with Crippen molar-refractivity contribution >= 4 is 22.8 Å². The number of fused-ring (bicyclic) bond motifs is 1. The van der Waals surface area contributed by atoms with Crippen LogP contribution in [0.3, 0.4) is 0 Å². The monoisotopic (exact) mass is 268 g/mol. The maximum atomic E-state index is 12.3. The molecule has 0 amide bonds. The van der Waals surface area contributed by atoms with Gasteiger partial charge in [-0.1, -0.05) is 0 Å². The number of aromatic nitrogens is 4. The predicted octanol–water partition coefficient (Wildman–Crippen LogP) is 1.13. The van der Waals surface area contributed by atoms with Gasteiger partial charge in [-0.05, 0) is 24.4 Å². The third kappa shape index (κ3) is 1.72. The zero-order valence-corrected chi connectivity index (χ0v) is 10.7. The van der Waals surface area contributed by atoms with Crippen molar-refractivity contribution in [3.8, 4) is 0 Å². The van der Waals surface area contributed by atoms with Crippen LogP contribution < -0.4 is 5.69 Å². The molecule has 0 saturated carbocycles. The molecule has 18 heavy (non-hydrogen) atoms. The van der Waals surface area contributed by atoms with Gasteiger partial charge < -0.3 is 4.74 Å². The molecule has 2 aromatic rings. The van der Waals surface area contributed by atoms with E-state index in [1.54, 1.807) is 22.4 Å². The zero-order valence-electron chi connectivity index (χ0n) is 9.97. The summed E-state index contributed by atoms with van der Waals surface area (Å²) in [7, 11) is 1.71. The van der Waals surface area contributed by atoms with E-state index in [4.69, 9.17) is 16.3 Å². The van der Waals surface area contributed by atoms with Crippen molar-refractivity contribution < 1.29 is 4.74 Å². The lowest BCUT2D eigenvalue weighted by Gasteiger charge is -2.22. The fourth-order valence-electron chi connectivity index (χ4n) is 2.37. The molecule has 96 valence electrons. The van der Waals surface area contributed by atoms with Gasteiger partial charge in [-0.25, -0.2) is 9.78 Å². The molecule has 3 heterocycles. The second-order valence-corrected chi connectivity index (χ2v) is 4.77. The van der Waals surface area contributed by atoms with E-state index in [0.717, 1.165) is 19.4 Å². The standard InChI is InChI=1S/C11H13ClN4O2/c1-15-8-5-13-10(12)14-9(8)16(11(15)17)7-3-2-4-18-6-7/h5,7H,2-4,6H2,1H3. The molecule has 1 unspecified atom stereocenters. The lowest BCUT2D eigenvalue weighted by Crippen LogP contribution is -2.31. The van der Waals surface area contributed by atoms with Gasteiger partial charge in [0.15, 0.2) is 5.65 Å². The maximum absolute atomic E-state index is 12.3. The van der Waals surface area contributed by atoms with Gasteiger partial charge in [0.1, 0.15) is 5.52 Å². The van der Waals surface area contributed by atoms with E-state index in [2.05, 4.69) is 9.97 Å². The molecular weight excluding hydrogens is 256 g/mol. The Kier molecular flexibility index (Phi) is 2.83. The van der Waals surface area contributed by atoms with Crippen LogP contribution in [0, 0.1) is 0 Å². The summed E-state index contributed by atoms with van der Waals surface area (Å²) in [5.41, 5.74) is 1.17. The van der Waals surface area contributed by atoms with Gasteiger partial charge in [0.2, 0.25) is 5.28 Å². The Hall–Kier alpha value is -1.40. The quantitative estimate of drug-likeness (QED) is 0.728. The van der Waals surface area contributed by atoms with E-state index in [-0.39, 0.29) is 17.0 Å². The zero-order chi connectivity index (χ0) is 12.7. The van der Waals surface area contributed by atoms with Gasteiger partial charge in [-0.3, -0.25) is 9.13 Å². The van der Waals surface area contributed by atoms with Crippen LogP contribution in [0.2, 0.25) is 5.28 Å². The summed E-state index contributed by atoms with van der Waals surface area (Å²) >= 11 is 5.81. The number of hydrogen-bond acceptors (Lipinski definition) is 4. The first-order valence-electron chi connectivity index (χ1n) is 5.85. The molecule has 0 spiro atoms. The first-order chi connectivity index (χ1) is 8.68. The molecule has 2 aromatic heterocycles. The van der Waals surface area contributed by atoms with Crippen LogP contribution in [0.4, 0.5) is 0 Å². The van der Waals surface area contributed by atoms with Crippen LogP contribution in [0.5, 0.6) is 0 Å². The van der Waals surface area contributed by atoms with E-state index < -0.39 is 0 Å². The molecule has 7 heteroatoms. The van der Waals surface area contributed by atoms with Crippen molar-refractivity contribution in [2.45, 2.75) is 18.9 Å². The van der Waals surface area contributed by atoms with Gasteiger partial charge in [0.05, 0.1) is 18.8 Å². The van der Waals surface area contributed by atoms with Crippen LogP contribution in [0.15, 0.2) is 11.0 Å². The summed E-state index contributed by atoms with van der Waals surface area (Å²) in [6.07, 6.45) is 3.44. The molecular formula is C11H13ClN4O2. The van der Waals surface area contributed by atoms with Crippen molar-refractivity contribution in [2.75, 3.05) is 13.2 Å². The number of nitrogens with zero attached hydrogens (tertiary/aromatic N) is 4. The van der Waals surface area contributed by atoms with Crippen molar-refractivity contribution in [3.05, 3.63) is 22.0 Å². The number of halogens is 1. The summed E-state index contributed by atoms with van der Waals surface area (Å²) < 4.78 is 8.65. The minimum Gasteiger partial charge on any atom is -0.379 e. The molecule has 0 bridgehead atoms. The fraction of sp³-hybridized carbons (Fsp3) is 0.545. The van der Waals surface area contributed by atoms with Gasteiger partial charge in [0.25, 0.3) is 0 Å². The lowest BCUT2D eigenvalue weighted by atomic mass is 10.1. The molecule has 6 nitrogen and oxygen atoms in total. The lowest BCUT2D eigenvalue weighted by molar-refractivity contribution is 0.0591. The number of rotatable bonds is 1. The second-order valence-electron chi connectivity index (χ2n) is 4.43. The molecule has 0 aromatic carbocycles. The second kappa shape index (κ2) is 4.37. The molecule has 0 radical (unpaired) electrons. The van der Waals surface area contributed by atoms with E-state index in [0.29, 0.717) is 17.8 Å². The molecule has 1 aliphatic rings. The van der Waals surface area contributed by atoms with Crippen LogP contribution in [0.25, 0.3) is 11.2 Å². The SMILES string of the molecule is Cn1c(=O)n(C2CCCOC2)c2nc(Cl)ncc21. The van der Waals surface area contributed by atoms with Crippen molar-refractivity contribution in [1.82, 2.24) is 19.1 Å². The van der Waals surface area contributed by atoms with Crippen molar-refractivity contribution in [3.63, 3.8) is 0 Å². The largest absolute Gasteiger partial charge is 0.379 e. The normalized spacial score (nSPS) is 20.4. The molecule has 1 atom stereocenters. The van der Waals surface area contributed by atoms with E-state index in [1.807, 2.05) is 0 Å². The molecule has 0 aliphatic carbocycles. The fourth-order valence-corrected chi connectivity index (χ4v) is 2.50. The average Bonchev–Trinajstić information content (AvgIpc) is 2.63. The van der Waals surface area contributed by atoms with Crippen LogP contribution in [-0.2, 0) is 11.8 Å². The minimum atomic E-state index is -0.0999. The Bertz CT molecular complexity index is 642. The van der Waals surface area contributed by atoms with E-state index in [9.17, 15) is 4.79 Å². The average molecular weight is 269 g/mol. The van der Waals surface area contributed by atoms with Gasteiger partial charge in [0, 0.05) is 13.7 Å². The summed E-state index contributed by atoms with van der Waals surface area (Å²) in [6, 6.07) is 0.0286. The number of aryl methyl sites for hydroxylation is 1. The first kappa shape index (κ1) is 11.7. The van der Waals surface area contributed by atoms with Crippen LogP contribution >= 0.6 is 11.6 Å². The summed E-state index contributed by atoms with van der Waals surface area (Å²) in [6.45, 7) is 1.30. The minimum absolute atomic E-state index is 0.0286. The Morgan fingerprint density at radius 3 is 3.11 bits per heavy atom. The first-order valence-corrected chi connectivity index (χ1v) is 6.23. The maximum Gasteiger partial charge on any atom is 0.330 e. The molecule has 1 saturated heterocycles. The van der Waals surface area contributed by atoms with E-state index >= 15 is 0 Å². The van der Waals surface area contributed by atoms with Crippen LogP contribution in [0.1, 0.15) is 18.9 Å². The Balaban J connectivity index is 2.23. The number of ether oxygens (including phenoxy) is 1. The topological polar surface area (TPSA) is 61.9 Å². The molecule has 0 N–H and O–H groups in total. The summed E-state index contributed by atoms with van der Waals surface area (Å²) in [5.74, 6) is 0. The molecule has 1 aliphatic heterocycles. The number of imidazole rings is 1. The molecule has 3 rings (SSSR count). The van der Waals surface area contributed by atoms with E-state index in [1.165, 1.54) is 0 Å². The van der Waals surface area contributed by atoms with Gasteiger partial charge in [-0.15, -0.1) is 0 Å². The highest BCUT2D eigenvalue weighted by Gasteiger charge is 2.23. The Morgan fingerprint density at radius 2 is 2.39 bits per heavy atom. The third-order valence-corrected chi connectivity index (χ3v) is 3.49. The smallest absolute Gasteiger partial charge is 0.330 e. The van der Waals surface area contributed by atoms with Crippen molar-refractivity contribution in [2.24, 2.45) is 7.05 Å². The molecule has 1 fully saturated rings. The van der Waals surface area contributed by atoms with Gasteiger partial charge >= 0.3 is 5.69 Å². The summed E-state index contributed by atoms with van der Waals surface area (Å²) in [5, 5.41) is 0.151. The Labute approximate surface area is 108 Å². The highest BCUT2D eigenvalue weighted by atomic mass is 35.5. The summed E-state index contributed by atoms with van der Waals surface area (Å²) in [4.78, 5) is 20.3.